The Balaban J connectivity index is 2.31. The highest BCUT2D eigenvalue weighted by molar-refractivity contribution is 6.31. The average molecular weight is 277 g/mol. The number of ketones is 1. The summed E-state index contributed by atoms with van der Waals surface area (Å²) in [7, 11) is 1.85. The maximum absolute atomic E-state index is 12.4. The Morgan fingerprint density at radius 2 is 2.00 bits per heavy atom. The van der Waals surface area contributed by atoms with Gasteiger partial charge in [0.15, 0.2) is 5.78 Å². The van der Waals surface area contributed by atoms with Gasteiger partial charge in [-0.1, -0.05) is 23.7 Å². The number of Topliss-reactive ketones (excluding diaryl/α,β-unsaturated/α-hetero) is 1. The highest BCUT2D eigenvalue weighted by Gasteiger charge is 2.18. The molecule has 1 heterocycles. The van der Waals surface area contributed by atoms with Crippen LogP contribution >= 0.6 is 11.6 Å². The second-order valence-electron chi connectivity index (χ2n) is 4.86. The molecule has 1 aromatic heterocycles. The topological polar surface area (TPSA) is 34.9 Å². The van der Waals surface area contributed by atoms with Crippen molar-refractivity contribution >= 4 is 17.4 Å². The first-order chi connectivity index (χ1) is 8.90. The molecule has 0 spiro atoms. The Morgan fingerprint density at radius 1 is 1.32 bits per heavy atom. The van der Waals surface area contributed by atoms with Crippen LogP contribution in [-0.4, -0.2) is 15.6 Å². The van der Waals surface area contributed by atoms with Crippen LogP contribution in [0, 0.1) is 20.8 Å². The number of hydrogen-bond donors (Lipinski definition) is 0. The molecule has 0 unspecified atom stereocenters. The van der Waals surface area contributed by atoms with Gasteiger partial charge in [0, 0.05) is 24.2 Å². The molecule has 0 amide bonds. The van der Waals surface area contributed by atoms with Crippen LogP contribution in [0.5, 0.6) is 0 Å². The first-order valence-electron chi connectivity index (χ1n) is 6.18. The zero-order valence-corrected chi connectivity index (χ0v) is 12.4. The highest BCUT2D eigenvalue weighted by atomic mass is 35.5. The van der Waals surface area contributed by atoms with Gasteiger partial charge in [-0.15, -0.1) is 0 Å². The summed E-state index contributed by atoms with van der Waals surface area (Å²) < 4.78 is 1.74. The van der Waals surface area contributed by atoms with Crippen LogP contribution in [0.25, 0.3) is 0 Å². The molecule has 100 valence electrons. The minimum atomic E-state index is 0.0638. The molecule has 3 nitrogen and oxygen atoms in total. The van der Waals surface area contributed by atoms with Crippen LogP contribution in [0.2, 0.25) is 5.02 Å². The zero-order valence-electron chi connectivity index (χ0n) is 11.6. The number of carbonyl (C=O) groups is 1. The van der Waals surface area contributed by atoms with Gasteiger partial charge in [-0.2, -0.15) is 5.10 Å². The molecule has 0 aliphatic heterocycles. The molecule has 0 aliphatic rings. The van der Waals surface area contributed by atoms with E-state index in [4.69, 9.17) is 11.6 Å². The van der Waals surface area contributed by atoms with E-state index in [1.54, 1.807) is 4.68 Å². The van der Waals surface area contributed by atoms with Crippen LogP contribution in [0.15, 0.2) is 18.2 Å². The van der Waals surface area contributed by atoms with Crippen LogP contribution in [0.1, 0.15) is 32.9 Å². The summed E-state index contributed by atoms with van der Waals surface area (Å²) in [4.78, 5) is 12.4. The second kappa shape index (κ2) is 5.17. The molecule has 2 rings (SSSR count). The summed E-state index contributed by atoms with van der Waals surface area (Å²) in [5, 5.41) is 4.92. The lowest BCUT2D eigenvalue weighted by molar-refractivity contribution is 0.0991. The molecule has 0 fully saturated rings. The lowest BCUT2D eigenvalue weighted by Crippen LogP contribution is -2.07. The van der Waals surface area contributed by atoms with E-state index in [2.05, 4.69) is 5.10 Å². The van der Waals surface area contributed by atoms with E-state index < -0.39 is 0 Å². The molecule has 0 N–H and O–H groups in total. The normalized spacial score (nSPS) is 10.8. The zero-order chi connectivity index (χ0) is 14.2. The van der Waals surface area contributed by atoms with Crippen molar-refractivity contribution in [2.75, 3.05) is 0 Å². The van der Waals surface area contributed by atoms with Gasteiger partial charge in [0.1, 0.15) is 0 Å². The van der Waals surface area contributed by atoms with Crippen LogP contribution < -0.4 is 0 Å². The number of nitrogens with zero attached hydrogens (tertiary/aromatic N) is 2. The van der Waals surface area contributed by atoms with Crippen molar-refractivity contribution in [2.45, 2.75) is 27.2 Å². The lowest BCUT2D eigenvalue weighted by atomic mass is 10.0. The van der Waals surface area contributed by atoms with E-state index in [1.807, 2.05) is 46.0 Å². The Labute approximate surface area is 118 Å². The number of benzene rings is 1. The number of aryl methyl sites for hydroxylation is 3. The van der Waals surface area contributed by atoms with Crippen molar-refractivity contribution in [3.05, 3.63) is 51.3 Å². The fraction of sp³-hybridized carbons (Fsp3) is 0.333. The smallest absolute Gasteiger partial charge is 0.170 e. The summed E-state index contributed by atoms with van der Waals surface area (Å²) in [6.07, 6.45) is 0.312. The van der Waals surface area contributed by atoms with Gasteiger partial charge in [-0.05, 0) is 38.0 Å². The van der Waals surface area contributed by atoms with Crippen molar-refractivity contribution < 1.29 is 4.79 Å². The van der Waals surface area contributed by atoms with Gasteiger partial charge >= 0.3 is 0 Å². The Hall–Kier alpha value is -1.61. The summed E-state index contributed by atoms with van der Waals surface area (Å²) in [6, 6.07) is 5.77. The SMILES string of the molecule is Cc1ccc(CC(=O)c2c(C)nn(C)c2C)c(Cl)c1. The highest BCUT2D eigenvalue weighted by Crippen LogP contribution is 2.21. The molecule has 19 heavy (non-hydrogen) atoms. The van der Waals surface area contributed by atoms with Crippen LogP contribution in [0.3, 0.4) is 0 Å². The van der Waals surface area contributed by atoms with E-state index in [0.717, 1.165) is 22.5 Å². The first kappa shape index (κ1) is 13.8. The standard InChI is InChI=1S/C15H17ClN2O/c1-9-5-6-12(13(16)7-9)8-14(19)15-10(2)17-18(4)11(15)3/h5-7H,8H2,1-4H3. The molecular formula is C15H17ClN2O. The summed E-state index contributed by atoms with van der Waals surface area (Å²) in [5.41, 5.74) is 4.33. The van der Waals surface area contributed by atoms with E-state index in [1.165, 1.54) is 0 Å². The predicted molar refractivity (Wildman–Crippen MR) is 76.9 cm³/mol. The number of rotatable bonds is 3. The largest absolute Gasteiger partial charge is 0.294 e. The first-order valence-corrected chi connectivity index (χ1v) is 6.56. The van der Waals surface area contributed by atoms with Gasteiger partial charge < -0.3 is 0 Å². The second-order valence-corrected chi connectivity index (χ2v) is 5.27. The molecule has 4 heteroatoms. The molecular weight excluding hydrogens is 260 g/mol. The monoisotopic (exact) mass is 276 g/mol. The summed E-state index contributed by atoms with van der Waals surface area (Å²) in [5.74, 6) is 0.0638. The van der Waals surface area contributed by atoms with E-state index in [-0.39, 0.29) is 5.78 Å². The third kappa shape index (κ3) is 2.71. The molecule has 0 radical (unpaired) electrons. The number of aromatic nitrogens is 2. The van der Waals surface area contributed by atoms with Gasteiger partial charge in [-0.25, -0.2) is 0 Å². The predicted octanol–water partition coefficient (Wildman–Crippen LogP) is 3.42. The van der Waals surface area contributed by atoms with Gasteiger partial charge in [-0.3, -0.25) is 9.48 Å². The third-order valence-corrected chi connectivity index (χ3v) is 3.70. The minimum Gasteiger partial charge on any atom is -0.294 e. The third-order valence-electron chi connectivity index (χ3n) is 3.35. The Kier molecular flexibility index (Phi) is 3.76. The van der Waals surface area contributed by atoms with Crippen molar-refractivity contribution in [1.82, 2.24) is 9.78 Å². The van der Waals surface area contributed by atoms with Crippen molar-refractivity contribution in [1.29, 1.82) is 0 Å². The molecule has 0 aliphatic carbocycles. The number of hydrogen-bond acceptors (Lipinski definition) is 2. The number of halogens is 1. The van der Waals surface area contributed by atoms with E-state index in [9.17, 15) is 4.79 Å². The van der Waals surface area contributed by atoms with Gasteiger partial charge in [0.2, 0.25) is 0 Å². The van der Waals surface area contributed by atoms with E-state index >= 15 is 0 Å². The maximum Gasteiger partial charge on any atom is 0.170 e. The molecule has 1 aromatic carbocycles. The average Bonchev–Trinajstić information content (AvgIpc) is 2.57. The summed E-state index contributed by atoms with van der Waals surface area (Å²) in [6.45, 7) is 5.74. The Bertz CT molecular complexity index is 644. The summed E-state index contributed by atoms with van der Waals surface area (Å²) >= 11 is 6.17. The molecule has 0 bridgehead atoms. The molecule has 2 aromatic rings. The van der Waals surface area contributed by atoms with Crippen LogP contribution in [-0.2, 0) is 13.5 Å². The van der Waals surface area contributed by atoms with Crippen molar-refractivity contribution in [3.8, 4) is 0 Å². The maximum atomic E-state index is 12.4. The fourth-order valence-electron chi connectivity index (χ4n) is 2.23. The minimum absolute atomic E-state index is 0.0638. The van der Waals surface area contributed by atoms with Crippen molar-refractivity contribution in [3.63, 3.8) is 0 Å². The van der Waals surface area contributed by atoms with E-state index in [0.29, 0.717) is 17.0 Å². The number of carbonyl (C=O) groups excluding carboxylic acids is 1. The van der Waals surface area contributed by atoms with Gasteiger partial charge in [0.25, 0.3) is 0 Å². The van der Waals surface area contributed by atoms with Crippen LogP contribution in [0.4, 0.5) is 0 Å². The lowest BCUT2D eigenvalue weighted by Gasteiger charge is -2.05. The van der Waals surface area contributed by atoms with Gasteiger partial charge in [0.05, 0.1) is 11.3 Å². The molecule has 0 atom stereocenters. The molecule has 0 saturated heterocycles. The molecule has 0 saturated carbocycles. The quantitative estimate of drug-likeness (QED) is 0.805. The Morgan fingerprint density at radius 3 is 2.53 bits per heavy atom. The van der Waals surface area contributed by atoms with Crippen molar-refractivity contribution in [2.24, 2.45) is 7.05 Å². The fourth-order valence-corrected chi connectivity index (χ4v) is 2.54.